The van der Waals surface area contributed by atoms with Gasteiger partial charge in [-0.25, -0.2) is 8.42 Å². The van der Waals surface area contributed by atoms with Gasteiger partial charge < -0.3 is 14.4 Å². The van der Waals surface area contributed by atoms with Crippen LogP contribution in [0.4, 0.5) is 0 Å². The predicted octanol–water partition coefficient (Wildman–Crippen LogP) is 4.14. The molecule has 0 saturated heterocycles. The van der Waals surface area contributed by atoms with Crippen molar-refractivity contribution in [3.63, 3.8) is 0 Å². The lowest BCUT2D eigenvalue weighted by molar-refractivity contribution is -0.130. The Hall–Kier alpha value is -2.25. The van der Waals surface area contributed by atoms with Crippen molar-refractivity contribution in [3.8, 4) is 11.5 Å². The molecule has 0 saturated carbocycles. The van der Waals surface area contributed by atoms with E-state index < -0.39 is 9.84 Å². The molecule has 2 aromatic carbocycles. The minimum absolute atomic E-state index is 0.0468. The first-order chi connectivity index (χ1) is 14.2. The molecule has 8 heteroatoms. The van der Waals surface area contributed by atoms with Crippen LogP contribution in [-0.4, -0.2) is 52.3 Å². The van der Waals surface area contributed by atoms with Crippen molar-refractivity contribution >= 4 is 27.3 Å². The van der Waals surface area contributed by atoms with E-state index in [0.29, 0.717) is 49.8 Å². The number of sulfone groups is 1. The Morgan fingerprint density at radius 3 is 2.50 bits per heavy atom. The Labute approximate surface area is 183 Å². The number of hydrogen-bond acceptors (Lipinski definition) is 5. The number of halogens is 1. The molecule has 0 aliphatic carbocycles. The van der Waals surface area contributed by atoms with E-state index in [1.165, 1.54) is 12.1 Å². The normalized spacial score (nSPS) is 11.2. The molecule has 0 aliphatic heterocycles. The van der Waals surface area contributed by atoms with Gasteiger partial charge in [-0.3, -0.25) is 4.79 Å². The van der Waals surface area contributed by atoms with Crippen LogP contribution >= 0.6 is 11.6 Å². The summed E-state index contributed by atoms with van der Waals surface area (Å²) in [5, 5.41) is 0.670. The van der Waals surface area contributed by atoms with Gasteiger partial charge in [0.05, 0.1) is 18.1 Å². The molecule has 2 aromatic rings. The summed E-state index contributed by atoms with van der Waals surface area (Å²) in [4.78, 5) is 14.1. The van der Waals surface area contributed by atoms with Gasteiger partial charge >= 0.3 is 0 Å². The van der Waals surface area contributed by atoms with E-state index in [4.69, 9.17) is 21.1 Å². The van der Waals surface area contributed by atoms with Crippen LogP contribution in [0.1, 0.15) is 24.8 Å². The molecule has 0 aliphatic rings. The van der Waals surface area contributed by atoms with Gasteiger partial charge in [0.2, 0.25) is 5.91 Å². The third-order valence-electron chi connectivity index (χ3n) is 4.50. The van der Waals surface area contributed by atoms with Crippen molar-refractivity contribution in [1.82, 2.24) is 4.90 Å². The standard InChI is InChI=1S/C22H28ClNO5S/c1-17-15-18(23)10-11-21(17)29-13-5-9-22(25)24(2)12-6-14-28-19-7-4-8-20(16-19)30(3,26)27/h4,7-8,10-11,15-16H,5-6,9,12-14H2,1-3H3. The smallest absolute Gasteiger partial charge is 0.222 e. The molecule has 6 nitrogen and oxygen atoms in total. The Morgan fingerprint density at radius 1 is 1.07 bits per heavy atom. The summed E-state index contributed by atoms with van der Waals surface area (Å²) in [7, 11) is -1.50. The predicted molar refractivity (Wildman–Crippen MR) is 118 cm³/mol. The highest BCUT2D eigenvalue weighted by Gasteiger charge is 2.10. The maximum absolute atomic E-state index is 12.2. The number of ether oxygens (including phenoxy) is 2. The Morgan fingerprint density at radius 2 is 1.80 bits per heavy atom. The SMILES string of the molecule is Cc1cc(Cl)ccc1OCCCC(=O)N(C)CCCOc1cccc(S(C)(=O)=O)c1. The van der Waals surface area contributed by atoms with Crippen molar-refractivity contribution in [1.29, 1.82) is 0 Å². The topological polar surface area (TPSA) is 72.9 Å². The van der Waals surface area contributed by atoms with E-state index in [0.717, 1.165) is 17.6 Å². The zero-order chi connectivity index (χ0) is 22.1. The quantitative estimate of drug-likeness (QED) is 0.478. The first-order valence-electron chi connectivity index (χ1n) is 9.72. The van der Waals surface area contributed by atoms with Crippen LogP contribution < -0.4 is 9.47 Å². The van der Waals surface area contributed by atoms with E-state index >= 15 is 0 Å². The van der Waals surface area contributed by atoms with Crippen LogP contribution in [0.5, 0.6) is 11.5 Å². The van der Waals surface area contributed by atoms with Crippen molar-refractivity contribution < 1.29 is 22.7 Å². The van der Waals surface area contributed by atoms with Gasteiger partial charge in [0.25, 0.3) is 0 Å². The van der Waals surface area contributed by atoms with Gasteiger partial charge in [-0.05, 0) is 61.7 Å². The van der Waals surface area contributed by atoms with Crippen LogP contribution in [-0.2, 0) is 14.6 Å². The summed E-state index contributed by atoms with van der Waals surface area (Å²) in [6, 6.07) is 11.9. The maximum atomic E-state index is 12.2. The molecule has 0 heterocycles. The third kappa shape index (κ3) is 7.88. The second-order valence-corrected chi connectivity index (χ2v) is 9.58. The Bertz CT molecular complexity index is 962. The molecule has 0 bridgehead atoms. The number of benzene rings is 2. The molecule has 164 valence electrons. The van der Waals surface area contributed by atoms with Gasteiger partial charge in [-0.15, -0.1) is 0 Å². The minimum Gasteiger partial charge on any atom is -0.493 e. The first-order valence-corrected chi connectivity index (χ1v) is 12.0. The van der Waals surface area contributed by atoms with Gasteiger partial charge in [0.1, 0.15) is 11.5 Å². The zero-order valence-electron chi connectivity index (χ0n) is 17.6. The summed E-state index contributed by atoms with van der Waals surface area (Å²) in [5.41, 5.74) is 0.966. The molecule has 0 spiro atoms. The second kappa shape index (κ2) is 11.2. The van der Waals surface area contributed by atoms with Crippen LogP contribution in [0.15, 0.2) is 47.4 Å². The van der Waals surface area contributed by atoms with Crippen molar-refractivity contribution in [2.45, 2.75) is 31.1 Å². The molecule has 0 unspecified atom stereocenters. The van der Waals surface area contributed by atoms with Crippen LogP contribution in [0, 0.1) is 6.92 Å². The van der Waals surface area contributed by atoms with Gasteiger partial charge in [0, 0.05) is 31.3 Å². The second-order valence-electron chi connectivity index (χ2n) is 7.13. The summed E-state index contributed by atoms with van der Waals surface area (Å²) in [5.74, 6) is 1.32. The molecule has 0 fully saturated rings. The lowest BCUT2D eigenvalue weighted by atomic mass is 10.2. The molecule has 0 atom stereocenters. The number of amides is 1. The highest BCUT2D eigenvalue weighted by Crippen LogP contribution is 2.22. The average Bonchev–Trinajstić information content (AvgIpc) is 2.69. The number of rotatable bonds is 11. The maximum Gasteiger partial charge on any atom is 0.222 e. The summed E-state index contributed by atoms with van der Waals surface area (Å²) in [6.07, 6.45) is 2.83. The fraction of sp³-hybridized carbons (Fsp3) is 0.409. The molecular weight excluding hydrogens is 426 g/mol. The van der Waals surface area contributed by atoms with Gasteiger partial charge in [-0.1, -0.05) is 17.7 Å². The fourth-order valence-electron chi connectivity index (χ4n) is 2.78. The third-order valence-corrected chi connectivity index (χ3v) is 5.84. The summed E-state index contributed by atoms with van der Waals surface area (Å²) in [6.45, 7) is 3.34. The molecule has 0 radical (unpaired) electrons. The van der Waals surface area contributed by atoms with E-state index in [1.54, 1.807) is 30.1 Å². The molecular formula is C22H28ClNO5S. The number of carbonyl (C=O) groups excluding carboxylic acids is 1. The Kier molecular flexibility index (Phi) is 8.99. The summed E-state index contributed by atoms with van der Waals surface area (Å²) >= 11 is 5.93. The first kappa shape index (κ1) is 24.0. The van der Waals surface area contributed by atoms with E-state index in [2.05, 4.69) is 0 Å². The number of carbonyl (C=O) groups is 1. The Balaban J connectivity index is 1.65. The van der Waals surface area contributed by atoms with Crippen molar-refractivity contribution in [2.75, 3.05) is 33.1 Å². The number of hydrogen-bond donors (Lipinski definition) is 0. The summed E-state index contributed by atoms with van der Waals surface area (Å²) < 4.78 is 34.5. The van der Waals surface area contributed by atoms with Crippen molar-refractivity contribution in [2.24, 2.45) is 0 Å². The highest BCUT2D eigenvalue weighted by molar-refractivity contribution is 7.90. The molecule has 0 N–H and O–H groups in total. The lowest BCUT2D eigenvalue weighted by Gasteiger charge is -2.17. The fourth-order valence-corrected chi connectivity index (χ4v) is 3.66. The monoisotopic (exact) mass is 453 g/mol. The van der Waals surface area contributed by atoms with E-state index in [-0.39, 0.29) is 10.8 Å². The van der Waals surface area contributed by atoms with E-state index in [9.17, 15) is 13.2 Å². The van der Waals surface area contributed by atoms with Gasteiger partial charge in [-0.2, -0.15) is 0 Å². The molecule has 2 rings (SSSR count). The van der Waals surface area contributed by atoms with Crippen LogP contribution in [0.3, 0.4) is 0 Å². The van der Waals surface area contributed by atoms with Crippen molar-refractivity contribution in [3.05, 3.63) is 53.1 Å². The number of nitrogens with zero attached hydrogens (tertiary/aromatic N) is 1. The number of aryl methyl sites for hydroxylation is 1. The van der Waals surface area contributed by atoms with Crippen LogP contribution in [0.25, 0.3) is 0 Å². The van der Waals surface area contributed by atoms with E-state index in [1.807, 2.05) is 19.1 Å². The zero-order valence-corrected chi connectivity index (χ0v) is 19.1. The van der Waals surface area contributed by atoms with Gasteiger partial charge in [0.15, 0.2) is 9.84 Å². The molecule has 0 aromatic heterocycles. The minimum atomic E-state index is -3.26. The largest absolute Gasteiger partial charge is 0.493 e. The molecule has 30 heavy (non-hydrogen) atoms. The highest BCUT2D eigenvalue weighted by atomic mass is 35.5. The average molecular weight is 454 g/mol. The lowest BCUT2D eigenvalue weighted by Crippen LogP contribution is -2.28. The van der Waals surface area contributed by atoms with Crippen LogP contribution in [0.2, 0.25) is 5.02 Å². The molecule has 1 amide bonds.